The summed E-state index contributed by atoms with van der Waals surface area (Å²) in [6.45, 7) is 3.49. The van der Waals surface area contributed by atoms with Gasteiger partial charge in [0.2, 0.25) is 0 Å². The van der Waals surface area contributed by atoms with Crippen LogP contribution in [0.1, 0.15) is 13.3 Å². The molecular weight excluding hydrogens is 152 g/mol. The van der Waals surface area contributed by atoms with Gasteiger partial charge in [-0.1, -0.05) is 6.92 Å². The lowest BCUT2D eigenvalue weighted by Gasteiger charge is -2.03. The van der Waals surface area contributed by atoms with E-state index in [9.17, 15) is 8.78 Å². The Morgan fingerprint density at radius 3 is 2.64 bits per heavy atom. The van der Waals surface area contributed by atoms with Crippen LogP contribution in [0.25, 0.3) is 0 Å². The van der Waals surface area contributed by atoms with Gasteiger partial charge in [0, 0.05) is 13.2 Å². The maximum atomic E-state index is 11.5. The number of alkyl halides is 2. The van der Waals surface area contributed by atoms with Gasteiger partial charge < -0.3 is 10.1 Å². The van der Waals surface area contributed by atoms with E-state index >= 15 is 0 Å². The van der Waals surface area contributed by atoms with Crippen molar-refractivity contribution in [1.82, 2.24) is 5.32 Å². The van der Waals surface area contributed by atoms with Gasteiger partial charge in [-0.15, -0.1) is 0 Å². The second kappa shape index (κ2) is 7.88. The molecule has 0 aliphatic carbocycles. The van der Waals surface area contributed by atoms with Crippen molar-refractivity contribution < 1.29 is 13.5 Å². The van der Waals surface area contributed by atoms with Gasteiger partial charge in [-0.05, 0) is 6.42 Å². The molecule has 0 amide bonds. The standard InChI is InChI=1S/C7H15F2NO/c1-2-4-11-5-3-10-6-7(8)9/h7,10H,2-6H2,1H3. The van der Waals surface area contributed by atoms with Gasteiger partial charge in [-0.25, -0.2) is 8.78 Å². The van der Waals surface area contributed by atoms with Crippen molar-refractivity contribution in [2.45, 2.75) is 19.8 Å². The Morgan fingerprint density at radius 1 is 1.36 bits per heavy atom. The van der Waals surface area contributed by atoms with E-state index < -0.39 is 6.43 Å². The first-order valence-electron chi connectivity index (χ1n) is 3.84. The largest absolute Gasteiger partial charge is 0.380 e. The molecule has 0 unspecified atom stereocenters. The summed E-state index contributed by atoms with van der Waals surface area (Å²) in [7, 11) is 0. The molecule has 0 bridgehead atoms. The lowest BCUT2D eigenvalue weighted by molar-refractivity contribution is 0.120. The van der Waals surface area contributed by atoms with Crippen LogP contribution < -0.4 is 5.32 Å². The molecule has 0 aromatic carbocycles. The van der Waals surface area contributed by atoms with E-state index in [1.54, 1.807) is 0 Å². The Labute approximate surface area is 65.9 Å². The van der Waals surface area contributed by atoms with E-state index in [1.807, 2.05) is 6.92 Å². The zero-order valence-electron chi connectivity index (χ0n) is 6.78. The van der Waals surface area contributed by atoms with Crippen LogP contribution in [-0.4, -0.2) is 32.7 Å². The molecular formula is C7H15F2NO. The number of ether oxygens (including phenoxy) is 1. The zero-order valence-corrected chi connectivity index (χ0v) is 6.78. The number of nitrogens with one attached hydrogen (secondary N) is 1. The van der Waals surface area contributed by atoms with E-state index in [0.29, 0.717) is 19.8 Å². The maximum Gasteiger partial charge on any atom is 0.250 e. The van der Waals surface area contributed by atoms with E-state index in [1.165, 1.54) is 0 Å². The van der Waals surface area contributed by atoms with Crippen molar-refractivity contribution in [3.05, 3.63) is 0 Å². The fourth-order valence-electron chi connectivity index (χ4n) is 0.602. The van der Waals surface area contributed by atoms with Crippen molar-refractivity contribution in [2.75, 3.05) is 26.3 Å². The van der Waals surface area contributed by atoms with Gasteiger partial charge >= 0.3 is 0 Å². The van der Waals surface area contributed by atoms with Crippen LogP contribution in [0.3, 0.4) is 0 Å². The molecule has 0 fully saturated rings. The van der Waals surface area contributed by atoms with Crippen molar-refractivity contribution >= 4 is 0 Å². The van der Waals surface area contributed by atoms with Crippen molar-refractivity contribution in [3.63, 3.8) is 0 Å². The molecule has 1 N–H and O–H groups in total. The lowest BCUT2D eigenvalue weighted by Crippen LogP contribution is -2.25. The quantitative estimate of drug-likeness (QED) is 0.576. The molecule has 0 rings (SSSR count). The molecule has 0 aromatic rings. The van der Waals surface area contributed by atoms with Gasteiger partial charge in [0.05, 0.1) is 13.2 Å². The number of rotatable bonds is 7. The first-order valence-corrected chi connectivity index (χ1v) is 3.84. The molecule has 0 saturated heterocycles. The molecule has 0 aliphatic heterocycles. The van der Waals surface area contributed by atoms with E-state index in [-0.39, 0.29) is 6.54 Å². The minimum Gasteiger partial charge on any atom is -0.380 e. The summed E-state index contributed by atoms with van der Waals surface area (Å²) in [4.78, 5) is 0. The molecule has 0 atom stereocenters. The molecule has 11 heavy (non-hydrogen) atoms. The third-order valence-corrected chi connectivity index (χ3v) is 1.07. The summed E-state index contributed by atoms with van der Waals surface area (Å²) < 4.78 is 28.1. The molecule has 2 nitrogen and oxygen atoms in total. The van der Waals surface area contributed by atoms with Gasteiger partial charge in [0.15, 0.2) is 0 Å². The third-order valence-electron chi connectivity index (χ3n) is 1.07. The fraction of sp³-hybridized carbons (Fsp3) is 1.00. The molecule has 0 aromatic heterocycles. The number of hydrogen-bond donors (Lipinski definition) is 1. The molecule has 0 spiro atoms. The van der Waals surface area contributed by atoms with Crippen LogP contribution >= 0.6 is 0 Å². The zero-order chi connectivity index (χ0) is 8.53. The summed E-state index contributed by atoms with van der Waals surface area (Å²) in [5.41, 5.74) is 0. The highest BCUT2D eigenvalue weighted by Gasteiger charge is 1.98. The predicted molar refractivity (Wildman–Crippen MR) is 40.0 cm³/mol. The average Bonchev–Trinajstić information content (AvgIpc) is 1.96. The normalized spacial score (nSPS) is 10.9. The van der Waals surface area contributed by atoms with Crippen LogP contribution in [0.5, 0.6) is 0 Å². The Balaban J connectivity index is 2.80. The number of hydrogen-bond acceptors (Lipinski definition) is 2. The Morgan fingerprint density at radius 2 is 2.09 bits per heavy atom. The Kier molecular flexibility index (Phi) is 7.72. The summed E-state index contributed by atoms with van der Waals surface area (Å²) in [5, 5.41) is 2.57. The summed E-state index contributed by atoms with van der Waals surface area (Å²) in [5.74, 6) is 0. The highest BCUT2D eigenvalue weighted by molar-refractivity contribution is 4.47. The second-order valence-electron chi connectivity index (χ2n) is 2.21. The predicted octanol–water partition coefficient (Wildman–Crippen LogP) is 1.27. The van der Waals surface area contributed by atoms with Gasteiger partial charge in [0.1, 0.15) is 0 Å². The van der Waals surface area contributed by atoms with Crippen molar-refractivity contribution in [3.8, 4) is 0 Å². The maximum absolute atomic E-state index is 11.5. The highest BCUT2D eigenvalue weighted by Crippen LogP contribution is 1.86. The molecule has 4 heteroatoms. The molecule has 0 saturated carbocycles. The van der Waals surface area contributed by atoms with Gasteiger partial charge in [-0.3, -0.25) is 0 Å². The SMILES string of the molecule is CCCOCCNCC(F)F. The fourth-order valence-corrected chi connectivity index (χ4v) is 0.602. The van der Waals surface area contributed by atoms with Crippen LogP contribution in [0.4, 0.5) is 8.78 Å². The Hall–Kier alpha value is -0.220. The van der Waals surface area contributed by atoms with E-state index in [0.717, 1.165) is 6.42 Å². The van der Waals surface area contributed by atoms with Crippen LogP contribution in [0.15, 0.2) is 0 Å². The highest BCUT2D eigenvalue weighted by atomic mass is 19.3. The van der Waals surface area contributed by atoms with E-state index in [2.05, 4.69) is 5.32 Å². The topological polar surface area (TPSA) is 21.3 Å². The van der Waals surface area contributed by atoms with Crippen molar-refractivity contribution in [1.29, 1.82) is 0 Å². The first kappa shape index (κ1) is 10.8. The molecule has 0 heterocycles. The third kappa shape index (κ3) is 9.78. The number of halogens is 2. The van der Waals surface area contributed by atoms with Crippen LogP contribution in [0.2, 0.25) is 0 Å². The summed E-state index contributed by atoms with van der Waals surface area (Å²) in [6.07, 6.45) is -1.30. The minimum atomic E-state index is -2.26. The Bertz CT molecular complexity index is 80.8. The molecule has 0 radical (unpaired) electrons. The summed E-state index contributed by atoms with van der Waals surface area (Å²) in [6, 6.07) is 0. The average molecular weight is 167 g/mol. The minimum absolute atomic E-state index is 0.241. The molecule has 68 valence electrons. The van der Waals surface area contributed by atoms with Gasteiger partial charge in [-0.2, -0.15) is 0 Å². The monoisotopic (exact) mass is 167 g/mol. The second-order valence-corrected chi connectivity index (χ2v) is 2.21. The van der Waals surface area contributed by atoms with Crippen LogP contribution in [-0.2, 0) is 4.74 Å². The first-order chi connectivity index (χ1) is 5.27. The van der Waals surface area contributed by atoms with Crippen molar-refractivity contribution in [2.24, 2.45) is 0 Å². The smallest absolute Gasteiger partial charge is 0.250 e. The van der Waals surface area contributed by atoms with Gasteiger partial charge in [0.25, 0.3) is 6.43 Å². The lowest BCUT2D eigenvalue weighted by atomic mass is 10.5. The van der Waals surface area contributed by atoms with Crippen LogP contribution in [0, 0.1) is 0 Å². The summed E-state index contributed by atoms with van der Waals surface area (Å²) >= 11 is 0. The molecule has 0 aliphatic rings. The van der Waals surface area contributed by atoms with E-state index in [4.69, 9.17) is 4.74 Å².